The van der Waals surface area contributed by atoms with E-state index >= 15 is 0 Å². The van der Waals surface area contributed by atoms with Crippen molar-refractivity contribution in [1.29, 1.82) is 0 Å². The lowest BCUT2D eigenvalue weighted by atomic mass is 9.95. The van der Waals surface area contributed by atoms with Crippen LogP contribution in [0, 0.1) is 6.92 Å². The van der Waals surface area contributed by atoms with Crippen LogP contribution in [0.3, 0.4) is 0 Å². The predicted molar refractivity (Wildman–Crippen MR) is 128 cm³/mol. The molecule has 2 aromatic heterocycles. The minimum atomic E-state index is 0.922. The molecule has 0 spiro atoms. The Kier molecular flexibility index (Phi) is 3.94. The third-order valence-corrected chi connectivity index (χ3v) is 6.25. The van der Waals surface area contributed by atoms with E-state index < -0.39 is 0 Å². The number of hydrogen-bond acceptors (Lipinski definition) is 1. The van der Waals surface area contributed by atoms with Crippen molar-refractivity contribution in [3.63, 3.8) is 0 Å². The molecule has 2 heteroatoms. The first-order valence-electron chi connectivity index (χ1n) is 10.6. The molecule has 0 unspecified atom stereocenters. The molecule has 148 valence electrons. The number of pyridine rings is 1. The molecule has 0 fully saturated rings. The Morgan fingerprint density at radius 3 is 2.45 bits per heavy atom. The number of fused-ring (bicyclic) bond motifs is 4. The number of benzene rings is 4. The zero-order chi connectivity index (χ0) is 20.9. The summed E-state index contributed by atoms with van der Waals surface area (Å²) in [5, 5.41) is 4.83. The average molecular weight is 401 g/mol. The summed E-state index contributed by atoms with van der Waals surface area (Å²) in [4.78, 5) is 0. The van der Waals surface area contributed by atoms with Crippen LogP contribution in [-0.2, 0) is 7.05 Å². The number of nitrogens with zero attached hydrogens (tertiary/aromatic N) is 1. The Balaban J connectivity index is 1.68. The van der Waals surface area contributed by atoms with Gasteiger partial charge in [0.15, 0.2) is 6.20 Å². The Labute approximate surface area is 181 Å². The molecule has 0 amide bonds. The normalized spacial score (nSPS) is 11.5. The van der Waals surface area contributed by atoms with Crippen LogP contribution in [0.4, 0.5) is 0 Å². The van der Waals surface area contributed by atoms with E-state index in [9.17, 15) is 0 Å². The summed E-state index contributed by atoms with van der Waals surface area (Å²) >= 11 is 0. The van der Waals surface area contributed by atoms with Gasteiger partial charge in [0.25, 0.3) is 0 Å². The fraction of sp³-hybridized carbons (Fsp3) is 0.0690. The number of hydrogen-bond donors (Lipinski definition) is 0. The van der Waals surface area contributed by atoms with Gasteiger partial charge in [-0.05, 0) is 52.6 Å². The summed E-state index contributed by atoms with van der Waals surface area (Å²) in [5.74, 6) is 0. The van der Waals surface area contributed by atoms with Crippen molar-refractivity contribution in [2.45, 2.75) is 6.92 Å². The first-order chi connectivity index (χ1) is 15.2. The molecule has 6 rings (SSSR count). The Bertz CT molecular complexity index is 1610. The van der Waals surface area contributed by atoms with Crippen LogP contribution in [0.2, 0.25) is 0 Å². The molecule has 0 aliphatic carbocycles. The van der Waals surface area contributed by atoms with Gasteiger partial charge in [0, 0.05) is 22.9 Å². The van der Waals surface area contributed by atoms with Gasteiger partial charge in [-0.3, -0.25) is 0 Å². The highest BCUT2D eigenvalue weighted by atomic mass is 16.3. The van der Waals surface area contributed by atoms with Crippen molar-refractivity contribution >= 4 is 32.7 Å². The zero-order valence-electron chi connectivity index (χ0n) is 17.6. The quantitative estimate of drug-likeness (QED) is 0.281. The lowest BCUT2D eigenvalue weighted by Gasteiger charge is -2.07. The van der Waals surface area contributed by atoms with E-state index in [0.29, 0.717) is 0 Å². The van der Waals surface area contributed by atoms with E-state index in [-0.39, 0.29) is 0 Å². The van der Waals surface area contributed by atoms with E-state index in [1.165, 1.54) is 32.8 Å². The summed E-state index contributed by atoms with van der Waals surface area (Å²) in [6.45, 7) is 2.15. The van der Waals surface area contributed by atoms with Crippen LogP contribution < -0.4 is 4.57 Å². The molecule has 6 aromatic rings. The number of rotatable bonds is 2. The van der Waals surface area contributed by atoms with Gasteiger partial charge in [0.05, 0.1) is 5.56 Å². The van der Waals surface area contributed by atoms with E-state index in [2.05, 4.69) is 116 Å². The van der Waals surface area contributed by atoms with Crippen molar-refractivity contribution < 1.29 is 8.98 Å². The molecule has 0 saturated carbocycles. The van der Waals surface area contributed by atoms with E-state index in [1.807, 2.05) is 0 Å². The van der Waals surface area contributed by atoms with Crippen LogP contribution in [0.1, 0.15) is 5.56 Å². The second kappa shape index (κ2) is 6.82. The van der Waals surface area contributed by atoms with Crippen LogP contribution in [0.5, 0.6) is 0 Å². The topological polar surface area (TPSA) is 17.0 Å². The standard InChI is InChI=1S/C29H22NO/c1-19-13-16-24-28-23(22-15-14-20-8-3-4-9-21(20)18-22)10-7-12-26(28)31-29(24)27(19)25-11-5-6-17-30(25)2/h3-18H,1-2H3/q+1. The van der Waals surface area contributed by atoms with Crippen molar-refractivity contribution in [2.24, 2.45) is 7.05 Å². The molecule has 4 aromatic carbocycles. The first kappa shape index (κ1) is 17.9. The third kappa shape index (κ3) is 2.76. The highest BCUT2D eigenvalue weighted by Gasteiger charge is 2.21. The average Bonchev–Trinajstić information content (AvgIpc) is 3.18. The van der Waals surface area contributed by atoms with Gasteiger partial charge in [-0.1, -0.05) is 60.7 Å². The van der Waals surface area contributed by atoms with Gasteiger partial charge in [-0.2, -0.15) is 0 Å². The fourth-order valence-corrected chi connectivity index (χ4v) is 4.69. The first-order valence-corrected chi connectivity index (χ1v) is 10.6. The van der Waals surface area contributed by atoms with Crippen molar-refractivity contribution in [2.75, 3.05) is 0 Å². The summed E-state index contributed by atoms with van der Waals surface area (Å²) in [7, 11) is 2.08. The number of aryl methyl sites for hydroxylation is 2. The lowest BCUT2D eigenvalue weighted by Crippen LogP contribution is -2.30. The molecule has 2 heterocycles. The third-order valence-electron chi connectivity index (χ3n) is 6.25. The maximum Gasteiger partial charge on any atom is 0.216 e. The van der Waals surface area contributed by atoms with Crippen LogP contribution in [0.15, 0.2) is 102 Å². The summed E-state index contributed by atoms with van der Waals surface area (Å²) in [6.07, 6.45) is 2.08. The molecule has 0 aliphatic heterocycles. The molecule has 0 radical (unpaired) electrons. The largest absolute Gasteiger partial charge is 0.455 e. The second-order valence-electron chi connectivity index (χ2n) is 8.17. The maximum atomic E-state index is 6.51. The van der Waals surface area contributed by atoms with E-state index in [0.717, 1.165) is 27.8 Å². The van der Waals surface area contributed by atoms with Crippen molar-refractivity contribution in [3.05, 3.63) is 103 Å². The zero-order valence-corrected chi connectivity index (χ0v) is 17.6. The fourth-order valence-electron chi connectivity index (χ4n) is 4.69. The summed E-state index contributed by atoms with van der Waals surface area (Å²) < 4.78 is 8.66. The molecule has 2 nitrogen and oxygen atoms in total. The van der Waals surface area contributed by atoms with Gasteiger partial charge >= 0.3 is 0 Å². The Morgan fingerprint density at radius 2 is 1.58 bits per heavy atom. The highest BCUT2D eigenvalue weighted by molar-refractivity contribution is 6.15. The minimum absolute atomic E-state index is 0.922. The van der Waals surface area contributed by atoms with Gasteiger partial charge in [-0.25, -0.2) is 4.57 Å². The Hall–Kier alpha value is -3.91. The van der Waals surface area contributed by atoms with Crippen LogP contribution >= 0.6 is 0 Å². The molecular weight excluding hydrogens is 378 g/mol. The monoisotopic (exact) mass is 400 g/mol. The molecule has 0 aliphatic rings. The number of aromatic nitrogens is 1. The van der Waals surface area contributed by atoms with Crippen LogP contribution in [0.25, 0.3) is 55.1 Å². The highest BCUT2D eigenvalue weighted by Crippen LogP contribution is 2.41. The molecule has 0 atom stereocenters. The smallest absolute Gasteiger partial charge is 0.216 e. The van der Waals surface area contributed by atoms with Crippen molar-refractivity contribution in [1.82, 2.24) is 0 Å². The molecule has 0 bridgehead atoms. The molecule has 31 heavy (non-hydrogen) atoms. The lowest BCUT2D eigenvalue weighted by molar-refractivity contribution is -0.660. The Morgan fingerprint density at radius 1 is 0.742 bits per heavy atom. The minimum Gasteiger partial charge on any atom is -0.455 e. The number of furan rings is 1. The van der Waals surface area contributed by atoms with E-state index in [1.54, 1.807) is 0 Å². The van der Waals surface area contributed by atoms with Gasteiger partial charge in [0.1, 0.15) is 18.2 Å². The van der Waals surface area contributed by atoms with Crippen molar-refractivity contribution in [3.8, 4) is 22.4 Å². The molecular formula is C29H22NO+. The van der Waals surface area contributed by atoms with Crippen LogP contribution in [-0.4, -0.2) is 0 Å². The molecule has 0 saturated heterocycles. The van der Waals surface area contributed by atoms with E-state index in [4.69, 9.17) is 4.42 Å². The predicted octanol–water partition coefficient (Wildman–Crippen LogP) is 7.21. The van der Waals surface area contributed by atoms with Gasteiger partial charge in [-0.15, -0.1) is 0 Å². The van der Waals surface area contributed by atoms with Gasteiger partial charge in [0.2, 0.25) is 5.69 Å². The summed E-state index contributed by atoms with van der Waals surface area (Å²) in [6, 6.07) is 32.2. The summed E-state index contributed by atoms with van der Waals surface area (Å²) in [5.41, 5.74) is 7.79. The second-order valence-corrected chi connectivity index (χ2v) is 8.17. The maximum absolute atomic E-state index is 6.51. The van der Waals surface area contributed by atoms with Gasteiger partial charge < -0.3 is 4.42 Å². The molecule has 0 N–H and O–H groups in total. The SMILES string of the molecule is Cc1ccc2c(oc3cccc(-c4ccc5ccccc5c4)c32)c1-c1cccc[n+]1C.